The van der Waals surface area contributed by atoms with E-state index in [0.717, 1.165) is 11.6 Å². The molecule has 1 unspecified atom stereocenters. The second-order valence-corrected chi connectivity index (χ2v) is 7.46. The monoisotopic (exact) mass is 417 g/mol. The number of nitrogens with one attached hydrogen (secondary N) is 2. The van der Waals surface area contributed by atoms with Gasteiger partial charge in [0.25, 0.3) is 5.56 Å². The molecule has 0 saturated carbocycles. The van der Waals surface area contributed by atoms with E-state index in [-0.39, 0.29) is 34.3 Å². The Morgan fingerprint density at radius 2 is 1.83 bits per heavy atom. The van der Waals surface area contributed by atoms with E-state index in [1.54, 1.807) is 12.1 Å². The number of hydrogen-bond donors (Lipinski definition) is 2. The summed E-state index contributed by atoms with van der Waals surface area (Å²) in [5.41, 5.74) is 0.297. The third kappa shape index (κ3) is 3.91. The van der Waals surface area contributed by atoms with Gasteiger partial charge in [-0.25, -0.2) is 18.2 Å². The van der Waals surface area contributed by atoms with E-state index >= 15 is 0 Å². The molecule has 0 saturated heterocycles. The molecule has 2 aromatic carbocycles. The average molecular weight is 417 g/mol. The SMILES string of the molecule is O=C1CC(c2cccc(F)c2F)c2c(nc(SCc3ccc(F)cc3)[nH]c2=O)N1. The number of fused-ring (bicyclic) bond motifs is 1. The van der Waals surface area contributed by atoms with Gasteiger partial charge in [-0.1, -0.05) is 36.0 Å². The van der Waals surface area contributed by atoms with Gasteiger partial charge in [0.15, 0.2) is 16.8 Å². The number of benzene rings is 2. The molecule has 5 nitrogen and oxygen atoms in total. The standard InChI is InChI=1S/C20H14F3N3O2S/c21-11-6-4-10(5-7-11)9-29-20-25-18-16(19(28)26-20)13(8-15(27)24-18)12-2-1-3-14(22)17(12)23/h1-7,13H,8-9H2,(H2,24,25,26,27,28). The lowest BCUT2D eigenvalue weighted by Crippen LogP contribution is -2.31. The molecule has 0 spiro atoms. The molecule has 0 aliphatic carbocycles. The van der Waals surface area contributed by atoms with Crippen molar-refractivity contribution >= 4 is 23.5 Å². The summed E-state index contributed by atoms with van der Waals surface area (Å²) < 4.78 is 40.9. The van der Waals surface area contributed by atoms with Crippen LogP contribution in [0.25, 0.3) is 0 Å². The molecule has 1 aliphatic heterocycles. The van der Waals surface area contributed by atoms with Gasteiger partial charge in [-0.3, -0.25) is 9.59 Å². The van der Waals surface area contributed by atoms with Gasteiger partial charge in [0.05, 0.1) is 5.56 Å². The van der Waals surface area contributed by atoms with Gasteiger partial charge in [0.2, 0.25) is 5.91 Å². The lowest BCUT2D eigenvalue weighted by Gasteiger charge is -2.24. The number of H-pyrrole nitrogens is 1. The topological polar surface area (TPSA) is 74.8 Å². The molecular weight excluding hydrogens is 403 g/mol. The van der Waals surface area contributed by atoms with Crippen molar-refractivity contribution in [2.75, 3.05) is 5.32 Å². The number of hydrogen-bond acceptors (Lipinski definition) is 4. The normalized spacial score (nSPS) is 15.7. The van der Waals surface area contributed by atoms with Crippen LogP contribution in [-0.4, -0.2) is 15.9 Å². The van der Waals surface area contributed by atoms with Gasteiger partial charge >= 0.3 is 0 Å². The Hall–Kier alpha value is -3.07. The molecule has 3 aromatic rings. The van der Waals surface area contributed by atoms with E-state index in [9.17, 15) is 22.8 Å². The summed E-state index contributed by atoms with van der Waals surface area (Å²) in [5, 5.41) is 2.78. The minimum atomic E-state index is -1.09. The molecule has 0 radical (unpaired) electrons. The number of thioether (sulfide) groups is 1. The maximum atomic E-state index is 14.3. The van der Waals surface area contributed by atoms with Gasteiger partial charge < -0.3 is 10.3 Å². The summed E-state index contributed by atoms with van der Waals surface area (Å²) in [5.74, 6) is -3.44. The highest BCUT2D eigenvalue weighted by atomic mass is 32.2. The van der Waals surface area contributed by atoms with Gasteiger partial charge in [-0.05, 0) is 29.3 Å². The lowest BCUT2D eigenvalue weighted by atomic mass is 9.86. The predicted molar refractivity (Wildman–Crippen MR) is 102 cm³/mol. The van der Waals surface area contributed by atoms with Crippen LogP contribution >= 0.6 is 11.8 Å². The van der Waals surface area contributed by atoms with E-state index in [2.05, 4.69) is 15.3 Å². The molecule has 0 fully saturated rings. The van der Waals surface area contributed by atoms with Crippen LogP contribution in [0, 0.1) is 17.5 Å². The van der Waals surface area contributed by atoms with E-state index in [1.165, 1.54) is 36.0 Å². The van der Waals surface area contributed by atoms with Crippen LogP contribution in [0.5, 0.6) is 0 Å². The van der Waals surface area contributed by atoms with E-state index in [1.807, 2.05) is 0 Å². The second kappa shape index (κ2) is 7.75. The average Bonchev–Trinajstić information content (AvgIpc) is 2.69. The van der Waals surface area contributed by atoms with Gasteiger partial charge in [0, 0.05) is 18.1 Å². The highest BCUT2D eigenvalue weighted by molar-refractivity contribution is 7.98. The summed E-state index contributed by atoms with van der Waals surface area (Å²) in [6.07, 6.45) is -0.194. The molecule has 148 valence electrons. The van der Waals surface area contributed by atoms with Crippen molar-refractivity contribution in [3.05, 3.63) is 87.0 Å². The number of aromatic nitrogens is 2. The molecular formula is C20H14F3N3O2S. The predicted octanol–water partition coefficient (Wildman–Crippen LogP) is 3.95. The van der Waals surface area contributed by atoms with Crippen molar-refractivity contribution in [3.8, 4) is 0 Å². The Morgan fingerprint density at radius 3 is 2.59 bits per heavy atom. The largest absolute Gasteiger partial charge is 0.310 e. The first kappa shape index (κ1) is 19.3. The zero-order chi connectivity index (χ0) is 20.5. The van der Waals surface area contributed by atoms with E-state index < -0.39 is 29.0 Å². The molecule has 9 heteroatoms. The molecule has 1 amide bonds. The first-order valence-electron chi connectivity index (χ1n) is 8.67. The van der Waals surface area contributed by atoms with Crippen LogP contribution in [0.4, 0.5) is 19.0 Å². The zero-order valence-corrected chi connectivity index (χ0v) is 15.7. The highest BCUT2D eigenvalue weighted by Crippen LogP contribution is 2.36. The van der Waals surface area contributed by atoms with Crippen molar-refractivity contribution in [3.63, 3.8) is 0 Å². The van der Waals surface area contributed by atoms with Crippen LogP contribution < -0.4 is 10.9 Å². The fraction of sp³-hybridized carbons (Fsp3) is 0.150. The van der Waals surface area contributed by atoms with Gasteiger partial charge in [-0.2, -0.15) is 0 Å². The number of nitrogens with zero attached hydrogens (tertiary/aromatic N) is 1. The quantitative estimate of drug-likeness (QED) is 0.498. The Kier molecular flexibility index (Phi) is 5.14. The van der Waals surface area contributed by atoms with Crippen LogP contribution in [0.2, 0.25) is 0 Å². The molecule has 2 N–H and O–H groups in total. The molecule has 4 rings (SSSR count). The Morgan fingerprint density at radius 1 is 1.07 bits per heavy atom. The summed E-state index contributed by atoms with van der Waals surface area (Å²) in [7, 11) is 0. The fourth-order valence-corrected chi connectivity index (χ4v) is 4.02. The number of carbonyl (C=O) groups is 1. The van der Waals surface area contributed by atoms with Crippen molar-refractivity contribution < 1.29 is 18.0 Å². The van der Waals surface area contributed by atoms with Crippen molar-refractivity contribution in [1.29, 1.82) is 0 Å². The zero-order valence-electron chi connectivity index (χ0n) is 14.8. The van der Waals surface area contributed by atoms with Crippen LogP contribution in [-0.2, 0) is 10.5 Å². The first-order chi connectivity index (χ1) is 13.9. The number of amides is 1. The Balaban J connectivity index is 1.68. The van der Waals surface area contributed by atoms with Gasteiger partial charge in [0.1, 0.15) is 11.6 Å². The van der Waals surface area contributed by atoms with Gasteiger partial charge in [-0.15, -0.1) is 0 Å². The number of rotatable bonds is 4. The molecule has 1 atom stereocenters. The fourth-order valence-electron chi connectivity index (χ4n) is 3.21. The first-order valence-corrected chi connectivity index (χ1v) is 9.66. The van der Waals surface area contributed by atoms with Crippen molar-refractivity contribution in [2.24, 2.45) is 0 Å². The third-order valence-corrected chi connectivity index (χ3v) is 5.52. The third-order valence-electron chi connectivity index (χ3n) is 4.58. The van der Waals surface area contributed by atoms with Crippen LogP contribution in [0.15, 0.2) is 52.4 Å². The van der Waals surface area contributed by atoms with Crippen molar-refractivity contribution in [1.82, 2.24) is 9.97 Å². The van der Waals surface area contributed by atoms with Crippen LogP contribution in [0.3, 0.4) is 0 Å². The molecule has 29 heavy (non-hydrogen) atoms. The minimum Gasteiger partial charge on any atom is -0.310 e. The molecule has 1 aliphatic rings. The maximum Gasteiger partial charge on any atom is 0.257 e. The number of carbonyl (C=O) groups excluding carboxylic acids is 1. The number of aromatic amines is 1. The molecule has 0 bridgehead atoms. The maximum absolute atomic E-state index is 14.3. The summed E-state index contributed by atoms with van der Waals surface area (Å²) in [6.45, 7) is 0. The summed E-state index contributed by atoms with van der Waals surface area (Å²) >= 11 is 1.20. The Labute approximate surface area is 167 Å². The van der Waals surface area contributed by atoms with E-state index in [0.29, 0.717) is 5.75 Å². The second-order valence-electron chi connectivity index (χ2n) is 6.50. The lowest BCUT2D eigenvalue weighted by molar-refractivity contribution is -0.116. The molecule has 1 aromatic heterocycles. The van der Waals surface area contributed by atoms with Crippen molar-refractivity contribution in [2.45, 2.75) is 23.2 Å². The van der Waals surface area contributed by atoms with Crippen LogP contribution in [0.1, 0.15) is 29.0 Å². The highest BCUT2D eigenvalue weighted by Gasteiger charge is 2.33. The minimum absolute atomic E-state index is 0.0280. The van der Waals surface area contributed by atoms with E-state index in [4.69, 9.17) is 0 Å². The summed E-state index contributed by atoms with van der Waals surface area (Å²) in [4.78, 5) is 31.7. The molecule has 2 heterocycles. The Bertz CT molecular complexity index is 1150. The smallest absolute Gasteiger partial charge is 0.257 e. The number of halogens is 3. The summed E-state index contributed by atoms with van der Waals surface area (Å²) in [6, 6.07) is 9.54. The number of anilines is 1.